The van der Waals surface area contributed by atoms with E-state index in [0.29, 0.717) is 5.82 Å². The molecule has 0 saturated carbocycles. The average Bonchev–Trinajstić information content (AvgIpc) is 2.55. The lowest BCUT2D eigenvalue weighted by molar-refractivity contribution is 0.367. The fourth-order valence-corrected chi connectivity index (χ4v) is 1.99. The number of phenols is 3. The van der Waals surface area contributed by atoms with Crippen molar-refractivity contribution in [3.8, 4) is 17.2 Å². The second-order valence-electron chi connectivity index (χ2n) is 4.63. The Kier molecular flexibility index (Phi) is 3.49. The molecule has 4 N–H and O–H groups in total. The summed E-state index contributed by atoms with van der Waals surface area (Å²) in [5.41, 5.74) is 3.86. The molecule has 0 unspecified atom stereocenters. The van der Waals surface area contributed by atoms with Crippen molar-refractivity contribution in [2.24, 2.45) is 5.10 Å². The van der Waals surface area contributed by atoms with Crippen LogP contribution in [0.4, 0.5) is 5.82 Å². The van der Waals surface area contributed by atoms with Crippen molar-refractivity contribution in [3.05, 3.63) is 54.1 Å². The molecule has 1 aromatic heterocycles. The minimum Gasteiger partial charge on any atom is -0.504 e. The van der Waals surface area contributed by atoms with Crippen LogP contribution in [0.2, 0.25) is 0 Å². The normalized spacial score (nSPS) is 11.1. The molecule has 110 valence electrons. The van der Waals surface area contributed by atoms with E-state index in [9.17, 15) is 15.3 Å². The van der Waals surface area contributed by atoms with Crippen LogP contribution in [-0.2, 0) is 0 Å². The van der Waals surface area contributed by atoms with Gasteiger partial charge in [0, 0.05) is 10.9 Å². The van der Waals surface area contributed by atoms with Crippen LogP contribution in [0.1, 0.15) is 5.56 Å². The summed E-state index contributed by atoms with van der Waals surface area (Å²) < 4.78 is 0. The number of aromatic nitrogens is 1. The molecular weight excluding hydrogens is 282 g/mol. The molecule has 0 aliphatic rings. The van der Waals surface area contributed by atoms with E-state index in [1.165, 1.54) is 18.3 Å². The van der Waals surface area contributed by atoms with E-state index in [1.54, 1.807) is 6.07 Å². The van der Waals surface area contributed by atoms with E-state index >= 15 is 0 Å². The maximum Gasteiger partial charge on any atom is 0.200 e. The third kappa shape index (κ3) is 2.62. The van der Waals surface area contributed by atoms with Gasteiger partial charge in [-0.25, -0.2) is 4.98 Å². The van der Waals surface area contributed by atoms with Gasteiger partial charge in [-0.1, -0.05) is 18.2 Å². The molecule has 6 heteroatoms. The molecule has 3 rings (SSSR count). The minimum atomic E-state index is -0.576. The topological polar surface area (TPSA) is 98.0 Å². The summed E-state index contributed by atoms with van der Waals surface area (Å²) in [6.45, 7) is 0. The van der Waals surface area contributed by atoms with E-state index in [0.717, 1.165) is 10.9 Å². The summed E-state index contributed by atoms with van der Waals surface area (Å²) in [6.07, 6.45) is 1.32. The van der Waals surface area contributed by atoms with Gasteiger partial charge in [-0.15, -0.1) is 0 Å². The highest BCUT2D eigenvalue weighted by molar-refractivity contribution is 5.86. The van der Waals surface area contributed by atoms with Crippen LogP contribution in [0.15, 0.2) is 53.6 Å². The molecule has 22 heavy (non-hydrogen) atoms. The molecule has 0 aliphatic heterocycles. The van der Waals surface area contributed by atoms with Crippen molar-refractivity contribution >= 4 is 22.9 Å². The first-order valence-electron chi connectivity index (χ1n) is 6.54. The molecule has 3 aromatic rings. The van der Waals surface area contributed by atoms with Gasteiger partial charge >= 0.3 is 0 Å². The molecule has 0 amide bonds. The summed E-state index contributed by atoms with van der Waals surface area (Å²) in [5, 5.41) is 33.3. The van der Waals surface area contributed by atoms with Crippen LogP contribution in [0.3, 0.4) is 0 Å². The first kappa shape index (κ1) is 13.7. The van der Waals surface area contributed by atoms with Gasteiger partial charge in [0.2, 0.25) is 5.75 Å². The van der Waals surface area contributed by atoms with Crippen LogP contribution in [0.25, 0.3) is 10.9 Å². The Bertz CT molecular complexity index is 862. The van der Waals surface area contributed by atoms with Crippen LogP contribution in [0, 0.1) is 0 Å². The van der Waals surface area contributed by atoms with E-state index < -0.39 is 11.5 Å². The molecule has 6 nitrogen and oxygen atoms in total. The Morgan fingerprint density at radius 2 is 1.73 bits per heavy atom. The number of pyridine rings is 1. The van der Waals surface area contributed by atoms with E-state index in [-0.39, 0.29) is 11.3 Å². The number of fused-ring (bicyclic) bond motifs is 1. The van der Waals surface area contributed by atoms with Gasteiger partial charge in [0.25, 0.3) is 0 Å². The molecule has 0 spiro atoms. The monoisotopic (exact) mass is 295 g/mol. The molecule has 0 fully saturated rings. The molecular formula is C16H13N3O3. The lowest BCUT2D eigenvalue weighted by Crippen LogP contribution is -1.94. The van der Waals surface area contributed by atoms with Crippen LogP contribution < -0.4 is 5.43 Å². The number of para-hydroxylation sites is 1. The molecule has 0 radical (unpaired) electrons. The standard InChI is InChI=1S/C16H13N3O3/c20-13-7-5-11(15(21)16(13)22)9-17-19-14-8-6-10-3-1-2-4-12(10)18-14/h1-9,20-22H,(H,18,19)/b17-9+. The number of hydrogen-bond acceptors (Lipinski definition) is 6. The molecule has 0 saturated heterocycles. The number of nitrogens with zero attached hydrogens (tertiary/aromatic N) is 2. The molecule has 0 atom stereocenters. The Balaban J connectivity index is 1.80. The van der Waals surface area contributed by atoms with Crippen molar-refractivity contribution in [1.29, 1.82) is 0 Å². The van der Waals surface area contributed by atoms with Gasteiger partial charge < -0.3 is 15.3 Å². The zero-order valence-electron chi connectivity index (χ0n) is 11.4. The molecule has 2 aromatic carbocycles. The maximum atomic E-state index is 9.67. The maximum absolute atomic E-state index is 9.67. The van der Waals surface area contributed by atoms with Gasteiger partial charge in [0.1, 0.15) is 5.82 Å². The van der Waals surface area contributed by atoms with Crippen molar-refractivity contribution in [1.82, 2.24) is 4.98 Å². The highest BCUT2D eigenvalue weighted by Gasteiger charge is 2.09. The number of rotatable bonds is 3. The second-order valence-corrected chi connectivity index (χ2v) is 4.63. The van der Waals surface area contributed by atoms with Gasteiger partial charge in [-0.05, 0) is 30.3 Å². The summed E-state index contributed by atoms with van der Waals surface area (Å²) in [6, 6.07) is 14.1. The zero-order valence-corrected chi connectivity index (χ0v) is 11.4. The largest absolute Gasteiger partial charge is 0.504 e. The highest BCUT2D eigenvalue weighted by atomic mass is 16.3. The first-order chi connectivity index (χ1) is 10.6. The number of anilines is 1. The van der Waals surface area contributed by atoms with Crippen LogP contribution in [0.5, 0.6) is 17.2 Å². The summed E-state index contributed by atoms with van der Waals surface area (Å²) >= 11 is 0. The molecule has 0 aliphatic carbocycles. The van der Waals surface area contributed by atoms with E-state index in [1.807, 2.05) is 30.3 Å². The predicted molar refractivity (Wildman–Crippen MR) is 84.4 cm³/mol. The lowest BCUT2D eigenvalue weighted by Gasteiger charge is -2.04. The summed E-state index contributed by atoms with van der Waals surface area (Å²) in [7, 11) is 0. The minimum absolute atomic E-state index is 0.267. The SMILES string of the molecule is Oc1ccc(/C=N/Nc2ccc3ccccc3n2)c(O)c1O. The predicted octanol–water partition coefficient (Wildman–Crippen LogP) is 2.80. The average molecular weight is 295 g/mol. The van der Waals surface area contributed by atoms with Gasteiger partial charge in [-0.2, -0.15) is 5.10 Å². The molecule has 1 heterocycles. The number of benzene rings is 2. The van der Waals surface area contributed by atoms with Crippen molar-refractivity contribution in [3.63, 3.8) is 0 Å². The quantitative estimate of drug-likeness (QED) is 0.338. The fourth-order valence-electron chi connectivity index (χ4n) is 1.99. The van der Waals surface area contributed by atoms with Gasteiger partial charge in [-0.3, -0.25) is 5.43 Å². The Morgan fingerprint density at radius 3 is 2.59 bits per heavy atom. The van der Waals surface area contributed by atoms with Gasteiger partial charge in [0.05, 0.1) is 11.7 Å². The number of hydrazone groups is 1. The highest BCUT2D eigenvalue weighted by Crippen LogP contribution is 2.36. The van der Waals surface area contributed by atoms with E-state index in [2.05, 4.69) is 15.5 Å². The Labute approximate surface area is 126 Å². The third-order valence-electron chi connectivity index (χ3n) is 3.14. The number of aromatic hydroxyl groups is 3. The van der Waals surface area contributed by atoms with E-state index in [4.69, 9.17) is 0 Å². The number of phenolic OH excluding ortho intramolecular Hbond substituents is 3. The number of hydrogen-bond donors (Lipinski definition) is 4. The fraction of sp³-hybridized carbons (Fsp3) is 0. The van der Waals surface area contributed by atoms with Crippen LogP contribution in [-0.4, -0.2) is 26.5 Å². The summed E-state index contributed by atoms with van der Waals surface area (Å²) in [5.74, 6) is -0.846. The lowest BCUT2D eigenvalue weighted by atomic mass is 10.2. The van der Waals surface area contributed by atoms with Gasteiger partial charge in [0.15, 0.2) is 11.5 Å². The van der Waals surface area contributed by atoms with Crippen molar-refractivity contribution < 1.29 is 15.3 Å². The summed E-state index contributed by atoms with van der Waals surface area (Å²) in [4.78, 5) is 4.38. The third-order valence-corrected chi connectivity index (χ3v) is 3.14. The second kappa shape index (κ2) is 5.61. The number of nitrogens with one attached hydrogen (secondary N) is 1. The van der Waals surface area contributed by atoms with Crippen molar-refractivity contribution in [2.75, 3.05) is 5.43 Å². The van der Waals surface area contributed by atoms with Crippen molar-refractivity contribution in [2.45, 2.75) is 0 Å². The first-order valence-corrected chi connectivity index (χ1v) is 6.54. The zero-order chi connectivity index (χ0) is 15.5. The smallest absolute Gasteiger partial charge is 0.200 e. The Hall–Kier alpha value is -3.28. The Morgan fingerprint density at radius 1 is 0.909 bits per heavy atom. The van der Waals surface area contributed by atoms with Crippen LogP contribution >= 0.6 is 0 Å². The molecule has 0 bridgehead atoms.